The highest BCUT2D eigenvalue weighted by atomic mass is 35.5. The maximum absolute atomic E-state index is 6.19. The van der Waals surface area contributed by atoms with E-state index in [1.54, 1.807) is 36.8 Å². The molecule has 25 heavy (non-hydrogen) atoms. The van der Waals surface area contributed by atoms with Crippen molar-refractivity contribution in [2.24, 2.45) is 4.99 Å². The van der Waals surface area contributed by atoms with Crippen LogP contribution in [0.4, 0.5) is 5.13 Å². The maximum Gasteiger partial charge on any atom is 0.209 e. The molecule has 1 heterocycles. The van der Waals surface area contributed by atoms with Gasteiger partial charge in [-0.1, -0.05) is 40.6 Å². The van der Waals surface area contributed by atoms with Crippen LogP contribution >= 0.6 is 34.5 Å². The van der Waals surface area contributed by atoms with Crippen LogP contribution in [0.25, 0.3) is 11.3 Å². The van der Waals surface area contributed by atoms with Crippen molar-refractivity contribution in [1.82, 2.24) is 4.98 Å². The first-order valence-electron chi connectivity index (χ1n) is 7.81. The molecule has 4 rings (SSSR count). The second-order valence-corrected chi connectivity index (χ2v) is 7.56. The average molecular weight is 389 g/mol. The molecule has 1 aliphatic rings. The third-order valence-electron chi connectivity index (χ3n) is 4.18. The van der Waals surface area contributed by atoms with Gasteiger partial charge >= 0.3 is 0 Å². The van der Waals surface area contributed by atoms with Crippen molar-refractivity contribution in [3.8, 4) is 17.0 Å². The quantitative estimate of drug-likeness (QED) is 0.517. The summed E-state index contributed by atoms with van der Waals surface area (Å²) < 4.78 is 5.32. The molecule has 3 aromatic rings. The fourth-order valence-corrected chi connectivity index (χ4v) is 4.33. The smallest absolute Gasteiger partial charge is 0.209 e. The van der Waals surface area contributed by atoms with Crippen molar-refractivity contribution in [3.05, 3.63) is 62.4 Å². The zero-order valence-corrected chi connectivity index (χ0v) is 15.8. The van der Waals surface area contributed by atoms with Crippen molar-refractivity contribution in [3.63, 3.8) is 0 Å². The number of aliphatic imine (C=N–C) groups is 1. The Morgan fingerprint density at radius 2 is 1.96 bits per heavy atom. The van der Waals surface area contributed by atoms with E-state index < -0.39 is 0 Å². The van der Waals surface area contributed by atoms with E-state index in [9.17, 15) is 0 Å². The highest BCUT2D eigenvalue weighted by Gasteiger charge is 2.21. The number of rotatable bonds is 3. The minimum Gasteiger partial charge on any atom is -0.497 e. The standard InChI is InChI=1S/C19H14Cl2N2OS/c1-24-12-6-7-13-11(9-12)5-8-17-18(13)23-19(25-17)22-10-14-15(20)3-2-4-16(14)21/h2-4,6-7,9-10H,5,8H2,1H3. The molecule has 1 aliphatic carbocycles. The summed E-state index contributed by atoms with van der Waals surface area (Å²) in [5.41, 5.74) is 4.16. The summed E-state index contributed by atoms with van der Waals surface area (Å²) in [5.74, 6) is 0.879. The number of halogens is 2. The SMILES string of the molecule is COc1ccc2c(c1)CCc1sc(N=Cc3c(Cl)cccc3Cl)nc1-2. The van der Waals surface area contributed by atoms with Gasteiger partial charge < -0.3 is 4.74 Å². The number of methoxy groups -OCH3 is 1. The largest absolute Gasteiger partial charge is 0.497 e. The minimum absolute atomic E-state index is 0.579. The van der Waals surface area contributed by atoms with Gasteiger partial charge in [0.25, 0.3) is 0 Å². The van der Waals surface area contributed by atoms with Crippen LogP contribution in [-0.2, 0) is 12.8 Å². The average Bonchev–Trinajstić information content (AvgIpc) is 3.04. The van der Waals surface area contributed by atoms with Crippen molar-refractivity contribution in [1.29, 1.82) is 0 Å². The first kappa shape index (κ1) is 16.6. The Kier molecular flexibility index (Phi) is 4.50. The Morgan fingerprint density at radius 3 is 2.72 bits per heavy atom. The molecule has 0 atom stereocenters. The van der Waals surface area contributed by atoms with Crippen molar-refractivity contribution in [2.75, 3.05) is 7.11 Å². The maximum atomic E-state index is 6.19. The second kappa shape index (κ2) is 6.79. The molecule has 126 valence electrons. The summed E-state index contributed by atoms with van der Waals surface area (Å²) in [7, 11) is 1.69. The Labute approximate surface area is 159 Å². The molecule has 0 unspecified atom stereocenters. The zero-order valence-electron chi connectivity index (χ0n) is 13.4. The van der Waals surface area contributed by atoms with E-state index in [4.69, 9.17) is 32.9 Å². The third-order valence-corrected chi connectivity index (χ3v) is 5.86. The summed E-state index contributed by atoms with van der Waals surface area (Å²) in [5, 5.41) is 1.87. The molecule has 0 saturated heterocycles. The molecule has 0 N–H and O–H groups in total. The van der Waals surface area contributed by atoms with Gasteiger partial charge in [-0.15, -0.1) is 0 Å². The van der Waals surface area contributed by atoms with Gasteiger partial charge in [-0.05, 0) is 48.7 Å². The molecular weight excluding hydrogens is 375 g/mol. The van der Waals surface area contributed by atoms with Gasteiger partial charge in [0.05, 0.1) is 22.8 Å². The molecule has 0 aliphatic heterocycles. The predicted molar refractivity (Wildman–Crippen MR) is 105 cm³/mol. The van der Waals surface area contributed by atoms with E-state index in [0.29, 0.717) is 20.7 Å². The third kappa shape index (κ3) is 3.17. The summed E-state index contributed by atoms with van der Waals surface area (Å²) >= 11 is 14.0. The lowest BCUT2D eigenvalue weighted by atomic mass is 9.93. The number of ether oxygens (including phenoxy) is 1. The van der Waals surface area contributed by atoms with Crippen LogP contribution < -0.4 is 4.74 Å². The number of benzene rings is 2. The predicted octanol–water partition coefficient (Wildman–Crippen LogP) is 5.97. The van der Waals surface area contributed by atoms with Crippen LogP contribution in [0.1, 0.15) is 16.0 Å². The molecule has 6 heteroatoms. The molecular formula is C19H14Cl2N2OS. The summed E-state index contributed by atoms with van der Waals surface area (Å²) in [4.78, 5) is 10.5. The molecule has 3 nitrogen and oxygen atoms in total. The molecule has 1 aromatic heterocycles. The molecule has 0 bridgehead atoms. The summed E-state index contributed by atoms with van der Waals surface area (Å²) in [6.07, 6.45) is 3.64. The van der Waals surface area contributed by atoms with E-state index in [2.05, 4.69) is 17.1 Å². The molecule has 0 spiro atoms. The lowest BCUT2D eigenvalue weighted by Gasteiger charge is -2.15. The highest BCUT2D eigenvalue weighted by molar-refractivity contribution is 7.15. The van der Waals surface area contributed by atoms with Crippen molar-refractivity contribution >= 4 is 45.9 Å². The van der Waals surface area contributed by atoms with Crippen LogP contribution in [0.2, 0.25) is 10.0 Å². The van der Waals surface area contributed by atoms with Crippen LogP contribution in [0.3, 0.4) is 0 Å². The van der Waals surface area contributed by atoms with Crippen LogP contribution in [0.5, 0.6) is 5.75 Å². The Bertz CT molecular complexity index is 961. The molecule has 2 aromatic carbocycles. The van der Waals surface area contributed by atoms with Crippen molar-refractivity contribution < 1.29 is 4.74 Å². The van der Waals surface area contributed by atoms with Gasteiger partial charge in [-0.2, -0.15) is 0 Å². The first-order chi connectivity index (χ1) is 12.2. The number of fused-ring (bicyclic) bond motifs is 3. The lowest BCUT2D eigenvalue weighted by Crippen LogP contribution is -2.02. The minimum atomic E-state index is 0.579. The van der Waals surface area contributed by atoms with E-state index >= 15 is 0 Å². The second-order valence-electron chi connectivity index (χ2n) is 5.68. The van der Waals surface area contributed by atoms with Crippen molar-refractivity contribution in [2.45, 2.75) is 12.8 Å². The Hall–Kier alpha value is -1.88. The van der Waals surface area contributed by atoms with Crippen LogP contribution in [-0.4, -0.2) is 18.3 Å². The Balaban J connectivity index is 1.69. The van der Waals surface area contributed by atoms with E-state index in [1.807, 2.05) is 12.1 Å². The summed E-state index contributed by atoms with van der Waals surface area (Å²) in [6.45, 7) is 0. The molecule has 0 saturated carbocycles. The number of nitrogens with zero attached hydrogens (tertiary/aromatic N) is 2. The monoisotopic (exact) mass is 388 g/mol. The van der Waals surface area contributed by atoms with Gasteiger partial charge in [-0.3, -0.25) is 0 Å². The Morgan fingerprint density at radius 1 is 1.16 bits per heavy atom. The highest BCUT2D eigenvalue weighted by Crippen LogP contribution is 2.40. The van der Waals surface area contributed by atoms with E-state index in [-0.39, 0.29) is 0 Å². The van der Waals surface area contributed by atoms with Gasteiger partial charge in [0, 0.05) is 22.2 Å². The topological polar surface area (TPSA) is 34.5 Å². The van der Waals surface area contributed by atoms with Crippen LogP contribution in [0.15, 0.2) is 41.4 Å². The fourth-order valence-electron chi connectivity index (χ4n) is 2.91. The van der Waals surface area contributed by atoms with Gasteiger partial charge in [-0.25, -0.2) is 9.98 Å². The molecule has 0 amide bonds. The van der Waals surface area contributed by atoms with Gasteiger partial charge in [0.2, 0.25) is 5.13 Å². The number of hydrogen-bond acceptors (Lipinski definition) is 4. The van der Waals surface area contributed by atoms with Gasteiger partial charge in [0.15, 0.2) is 0 Å². The van der Waals surface area contributed by atoms with E-state index in [0.717, 1.165) is 29.8 Å². The number of aromatic nitrogens is 1. The first-order valence-corrected chi connectivity index (χ1v) is 9.38. The number of hydrogen-bond donors (Lipinski definition) is 0. The van der Waals surface area contributed by atoms with Crippen LogP contribution in [0, 0.1) is 0 Å². The summed E-state index contributed by atoms with van der Waals surface area (Å²) in [6, 6.07) is 11.5. The normalized spacial score (nSPS) is 12.9. The fraction of sp³-hybridized carbons (Fsp3) is 0.158. The number of aryl methyl sites for hydroxylation is 2. The van der Waals surface area contributed by atoms with Gasteiger partial charge in [0.1, 0.15) is 5.75 Å². The zero-order chi connectivity index (χ0) is 17.4. The molecule has 0 fully saturated rings. The molecule has 0 radical (unpaired) electrons. The van der Waals surface area contributed by atoms with E-state index in [1.165, 1.54) is 10.4 Å². The lowest BCUT2D eigenvalue weighted by molar-refractivity contribution is 0.414. The number of thiazole rings is 1.